The molecular weight excluding hydrogens is 247 g/mol. The molecule has 0 aliphatic heterocycles. The lowest BCUT2D eigenvalue weighted by atomic mass is 10.1. The van der Waals surface area contributed by atoms with Gasteiger partial charge in [0.05, 0.1) is 6.10 Å². The van der Waals surface area contributed by atoms with E-state index in [4.69, 9.17) is 7.98 Å². The lowest BCUT2D eigenvalue weighted by molar-refractivity contribution is 0.141. The SMILES string of the molecule is CCc1ccccc1.[B]NC(C)C(O)CNCC(C)C. The van der Waals surface area contributed by atoms with Crippen molar-refractivity contribution in [1.82, 2.24) is 10.5 Å². The Hall–Kier alpha value is -0.835. The van der Waals surface area contributed by atoms with Gasteiger partial charge in [-0.1, -0.05) is 51.1 Å². The van der Waals surface area contributed by atoms with Crippen molar-refractivity contribution >= 4 is 7.98 Å². The summed E-state index contributed by atoms with van der Waals surface area (Å²) in [5.41, 5.74) is 1.41. The molecule has 1 aromatic rings. The molecule has 0 aromatic heterocycles. The number of hydrogen-bond acceptors (Lipinski definition) is 3. The highest BCUT2D eigenvalue weighted by molar-refractivity contribution is 6.04. The van der Waals surface area contributed by atoms with Gasteiger partial charge >= 0.3 is 0 Å². The summed E-state index contributed by atoms with van der Waals surface area (Å²) < 4.78 is 0. The quantitative estimate of drug-likeness (QED) is 0.666. The van der Waals surface area contributed by atoms with Crippen LogP contribution in [0.5, 0.6) is 0 Å². The van der Waals surface area contributed by atoms with E-state index < -0.39 is 6.10 Å². The molecule has 2 radical (unpaired) electrons. The van der Waals surface area contributed by atoms with E-state index in [1.165, 1.54) is 5.56 Å². The van der Waals surface area contributed by atoms with E-state index in [0.29, 0.717) is 12.5 Å². The van der Waals surface area contributed by atoms with Crippen LogP contribution in [0.2, 0.25) is 0 Å². The zero-order valence-corrected chi connectivity index (χ0v) is 13.3. The van der Waals surface area contributed by atoms with Gasteiger partial charge < -0.3 is 15.7 Å². The summed E-state index contributed by atoms with van der Waals surface area (Å²) in [6.45, 7) is 9.78. The summed E-state index contributed by atoms with van der Waals surface area (Å²) in [7, 11) is 5.17. The second-order valence-electron chi connectivity index (χ2n) is 5.41. The minimum Gasteiger partial charge on any atom is -0.390 e. The minimum absolute atomic E-state index is 0.0651. The summed E-state index contributed by atoms with van der Waals surface area (Å²) in [6.07, 6.45) is 0.717. The maximum Gasteiger partial charge on any atom is 0.178 e. The monoisotopic (exact) mass is 276 g/mol. The largest absolute Gasteiger partial charge is 0.390 e. The molecule has 112 valence electrons. The molecule has 4 heteroatoms. The van der Waals surface area contributed by atoms with Crippen LogP contribution in [0.3, 0.4) is 0 Å². The lowest BCUT2D eigenvalue weighted by Gasteiger charge is -2.19. The van der Waals surface area contributed by atoms with Gasteiger partial charge in [0.2, 0.25) is 0 Å². The first-order valence-electron chi connectivity index (χ1n) is 7.40. The number of hydrogen-bond donors (Lipinski definition) is 3. The summed E-state index contributed by atoms with van der Waals surface area (Å²) in [5, 5.41) is 15.1. The molecule has 0 saturated heterocycles. The molecule has 0 bridgehead atoms. The molecule has 0 aliphatic rings. The Morgan fingerprint density at radius 1 is 1.10 bits per heavy atom. The Morgan fingerprint density at radius 2 is 1.70 bits per heavy atom. The van der Waals surface area contributed by atoms with E-state index in [1.54, 1.807) is 0 Å². The molecule has 3 N–H and O–H groups in total. The number of nitrogens with one attached hydrogen (secondary N) is 2. The van der Waals surface area contributed by atoms with Crippen molar-refractivity contribution in [3.05, 3.63) is 35.9 Å². The third-order valence-corrected chi connectivity index (χ3v) is 3.00. The van der Waals surface area contributed by atoms with Crippen LogP contribution >= 0.6 is 0 Å². The summed E-state index contributed by atoms with van der Waals surface area (Å²) in [4.78, 5) is 0. The molecule has 0 aliphatic carbocycles. The summed E-state index contributed by atoms with van der Waals surface area (Å²) >= 11 is 0. The molecule has 20 heavy (non-hydrogen) atoms. The normalized spacial score (nSPS) is 13.5. The van der Waals surface area contributed by atoms with Gasteiger partial charge in [-0.25, -0.2) is 0 Å². The maximum absolute atomic E-state index is 9.43. The van der Waals surface area contributed by atoms with Crippen molar-refractivity contribution in [2.45, 2.75) is 46.3 Å². The third-order valence-electron chi connectivity index (χ3n) is 3.00. The fourth-order valence-electron chi connectivity index (χ4n) is 1.52. The molecule has 0 amide bonds. The number of aliphatic hydroxyl groups excluding tert-OH is 1. The highest BCUT2D eigenvalue weighted by Gasteiger charge is 2.10. The van der Waals surface area contributed by atoms with Crippen molar-refractivity contribution < 1.29 is 5.11 Å². The molecule has 1 rings (SSSR count). The van der Waals surface area contributed by atoms with Gasteiger partial charge in [-0.05, 0) is 31.4 Å². The van der Waals surface area contributed by atoms with Crippen LogP contribution in [-0.4, -0.2) is 38.3 Å². The highest BCUT2D eigenvalue weighted by atomic mass is 16.3. The number of benzene rings is 1. The number of rotatable bonds is 7. The van der Waals surface area contributed by atoms with Crippen LogP contribution in [0.1, 0.15) is 33.3 Å². The van der Waals surface area contributed by atoms with E-state index in [-0.39, 0.29) is 6.04 Å². The summed E-state index contributed by atoms with van der Waals surface area (Å²) in [5.74, 6) is 0.610. The predicted molar refractivity (Wildman–Crippen MR) is 87.9 cm³/mol. The van der Waals surface area contributed by atoms with E-state index in [2.05, 4.69) is 55.6 Å². The molecule has 0 saturated carbocycles. The van der Waals surface area contributed by atoms with Crippen LogP contribution in [0.15, 0.2) is 30.3 Å². The Bertz CT molecular complexity index is 320. The van der Waals surface area contributed by atoms with E-state index in [0.717, 1.165) is 13.0 Å². The maximum atomic E-state index is 9.43. The molecule has 3 nitrogen and oxygen atoms in total. The molecule has 0 spiro atoms. The van der Waals surface area contributed by atoms with Gasteiger partial charge in [-0.2, -0.15) is 0 Å². The topological polar surface area (TPSA) is 44.3 Å². The first-order valence-corrected chi connectivity index (χ1v) is 7.40. The Kier molecular flexibility index (Phi) is 11.4. The predicted octanol–water partition coefficient (Wildman–Crippen LogP) is 1.90. The average molecular weight is 276 g/mol. The van der Waals surface area contributed by atoms with Crippen LogP contribution in [0.4, 0.5) is 0 Å². The van der Waals surface area contributed by atoms with Crippen LogP contribution in [0.25, 0.3) is 0 Å². The second-order valence-corrected chi connectivity index (χ2v) is 5.41. The zero-order valence-electron chi connectivity index (χ0n) is 13.3. The fourth-order valence-corrected chi connectivity index (χ4v) is 1.52. The van der Waals surface area contributed by atoms with Crippen molar-refractivity contribution in [2.24, 2.45) is 5.92 Å². The smallest absolute Gasteiger partial charge is 0.178 e. The van der Waals surface area contributed by atoms with Crippen LogP contribution < -0.4 is 10.5 Å². The van der Waals surface area contributed by atoms with Crippen LogP contribution in [0, 0.1) is 5.92 Å². The van der Waals surface area contributed by atoms with Crippen molar-refractivity contribution in [3.63, 3.8) is 0 Å². The van der Waals surface area contributed by atoms with Crippen LogP contribution in [-0.2, 0) is 6.42 Å². The number of aryl methyl sites for hydroxylation is 1. The molecule has 2 unspecified atom stereocenters. The van der Waals surface area contributed by atoms with Gasteiger partial charge in [-0.15, -0.1) is 0 Å². The van der Waals surface area contributed by atoms with Crippen molar-refractivity contribution in [1.29, 1.82) is 0 Å². The number of aliphatic hydroxyl groups is 1. The standard InChI is InChI=1S/C8H19BN2O.C8H10/c1-6(2)4-10-5-8(12)7(3)11-9;1-2-8-6-4-3-5-7-8/h6-8,10-12H,4-5H2,1-3H3;3-7H,2H2,1H3. The van der Waals surface area contributed by atoms with Gasteiger partial charge in [0.25, 0.3) is 0 Å². The Labute approximate surface area is 125 Å². The van der Waals surface area contributed by atoms with E-state index in [1.807, 2.05) is 13.0 Å². The molecular formula is C16H29BN2O. The molecule has 1 aromatic carbocycles. The average Bonchev–Trinajstić information content (AvgIpc) is 2.47. The van der Waals surface area contributed by atoms with E-state index in [9.17, 15) is 5.11 Å². The van der Waals surface area contributed by atoms with Gasteiger partial charge in [0.1, 0.15) is 0 Å². The zero-order chi connectivity index (χ0) is 15.4. The highest BCUT2D eigenvalue weighted by Crippen LogP contribution is 1.96. The lowest BCUT2D eigenvalue weighted by Crippen LogP contribution is -2.42. The minimum atomic E-state index is -0.422. The van der Waals surface area contributed by atoms with Gasteiger partial charge in [-0.3, -0.25) is 0 Å². The molecule has 0 fully saturated rings. The van der Waals surface area contributed by atoms with E-state index >= 15 is 0 Å². The summed E-state index contributed by atoms with van der Waals surface area (Å²) in [6, 6.07) is 10.4. The molecule has 2 atom stereocenters. The van der Waals surface area contributed by atoms with Gasteiger partial charge in [0.15, 0.2) is 7.98 Å². The fraction of sp³-hybridized carbons (Fsp3) is 0.625. The van der Waals surface area contributed by atoms with Crippen molar-refractivity contribution in [2.75, 3.05) is 13.1 Å². The second kappa shape index (κ2) is 11.9. The Balaban J connectivity index is 0.000000388. The Morgan fingerprint density at radius 3 is 2.10 bits per heavy atom. The van der Waals surface area contributed by atoms with Gasteiger partial charge in [0, 0.05) is 12.6 Å². The first kappa shape index (κ1) is 19.2. The van der Waals surface area contributed by atoms with Crippen molar-refractivity contribution in [3.8, 4) is 0 Å². The molecule has 0 heterocycles. The third kappa shape index (κ3) is 10.0. The first-order chi connectivity index (χ1) is 9.51.